The summed E-state index contributed by atoms with van der Waals surface area (Å²) in [6.45, 7) is 2.15. The second kappa shape index (κ2) is 9.35. The standard InChI is InChI=1S/C22H20F5N5O2/c1-13-3-2-8-31(18(13)12-34-19-5-4-14(11-28-19)22(25,26)27)21(33)16-9-15(23)10-17(24)20(16)32-29-6-7-30-32/h4-7,9-11,13,18H,2-3,8,12H2,1H3. The minimum Gasteiger partial charge on any atom is -0.475 e. The van der Waals surface area contributed by atoms with Crippen molar-refractivity contribution in [2.75, 3.05) is 13.2 Å². The number of carbonyl (C=O) groups excluding carboxylic acids is 1. The van der Waals surface area contributed by atoms with Gasteiger partial charge in [0.15, 0.2) is 5.82 Å². The summed E-state index contributed by atoms with van der Waals surface area (Å²) in [5.41, 5.74) is -1.44. The molecule has 0 aliphatic carbocycles. The van der Waals surface area contributed by atoms with Crippen molar-refractivity contribution < 1.29 is 31.5 Å². The first-order valence-electron chi connectivity index (χ1n) is 10.5. The molecule has 4 rings (SSSR count). The number of benzene rings is 1. The largest absolute Gasteiger partial charge is 0.475 e. The molecule has 0 bridgehead atoms. The van der Waals surface area contributed by atoms with E-state index < -0.39 is 35.3 Å². The highest BCUT2D eigenvalue weighted by Gasteiger charge is 2.35. The molecular weight excluding hydrogens is 461 g/mol. The fourth-order valence-electron chi connectivity index (χ4n) is 3.98. The van der Waals surface area contributed by atoms with Crippen LogP contribution in [0, 0.1) is 17.6 Å². The Labute approximate surface area is 191 Å². The molecule has 2 atom stereocenters. The molecule has 0 N–H and O–H groups in total. The van der Waals surface area contributed by atoms with Crippen molar-refractivity contribution in [3.05, 3.63) is 65.6 Å². The molecule has 3 heterocycles. The van der Waals surface area contributed by atoms with Crippen LogP contribution >= 0.6 is 0 Å². The van der Waals surface area contributed by atoms with Gasteiger partial charge in [-0.15, -0.1) is 4.80 Å². The molecule has 2 aromatic heterocycles. The maximum Gasteiger partial charge on any atom is 0.417 e. The van der Waals surface area contributed by atoms with E-state index in [1.807, 2.05) is 6.92 Å². The van der Waals surface area contributed by atoms with Crippen molar-refractivity contribution in [2.24, 2.45) is 5.92 Å². The number of ether oxygens (including phenoxy) is 1. The maximum absolute atomic E-state index is 14.6. The number of hydrogen-bond acceptors (Lipinski definition) is 5. The summed E-state index contributed by atoms with van der Waals surface area (Å²) in [7, 11) is 0. The van der Waals surface area contributed by atoms with Crippen LogP contribution in [0.5, 0.6) is 5.88 Å². The van der Waals surface area contributed by atoms with Crippen molar-refractivity contribution in [1.82, 2.24) is 24.9 Å². The second-order valence-corrected chi connectivity index (χ2v) is 7.98. The molecule has 1 aliphatic heterocycles. The van der Waals surface area contributed by atoms with E-state index in [9.17, 15) is 26.7 Å². The van der Waals surface area contributed by atoms with E-state index in [4.69, 9.17) is 4.74 Å². The molecule has 12 heteroatoms. The van der Waals surface area contributed by atoms with Gasteiger partial charge in [0.1, 0.15) is 18.1 Å². The first kappa shape index (κ1) is 23.6. The van der Waals surface area contributed by atoms with Gasteiger partial charge in [-0.25, -0.2) is 13.8 Å². The van der Waals surface area contributed by atoms with Gasteiger partial charge < -0.3 is 9.64 Å². The zero-order valence-electron chi connectivity index (χ0n) is 18.0. The van der Waals surface area contributed by atoms with E-state index in [-0.39, 0.29) is 29.7 Å². The van der Waals surface area contributed by atoms with E-state index in [1.54, 1.807) is 0 Å². The lowest BCUT2D eigenvalue weighted by Gasteiger charge is -2.40. The molecule has 1 aliphatic rings. The number of carbonyl (C=O) groups is 1. The number of amides is 1. The predicted octanol–water partition coefficient (Wildman–Crippen LogP) is 4.28. The summed E-state index contributed by atoms with van der Waals surface area (Å²) in [5, 5.41) is 7.72. The number of rotatable bonds is 5. The van der Waals surface area contributed by atoms with Gasteiger partial charge in [-0.05, 0) is 30.9 Å². The fourth-order valence-corrected chi connectivity index (χ4v) is 3.98. The fraction of sp³-hybridized carbons (Fsp3) is 0.364. The van der Waals surface area contributed by atoms with E-state index in [0.29, 0.717) is 25.2 Å². The van der Waals surface area contributed by atoms with Crippen molar-refractivity contribution >= 4 is 5.91 Å². The van der Waals surface area contributed by atoms with Gasteiger partial charge in [0.2, 0.25) is 5.88 Å². The normalized spacial score (nSPS) is 18.7. The molecule has 0 spiro atoms. The summed E-state index contributed by atoms with van der Waals surface area (Å²) in [5.74, 6) is -2.63. The molecule has 1 saturated heterocycles. The van der Waals surface area contributed by atoms with Crippen molar-refractivity contribution in [3.63, 3.8) is 0 Å². The lowest BCUT2D eigenvalue weighted by Crippen LogP contribution is -2.51. The Morgan fingerprint density at radius 1 is 1.18 bits per heavy atom. The Kier molecular flexibility index (Phi) is 6.49. The van der Waals surface area contributed by atoms with E-state index in [0.717, 1.165) is 29.4 Å². The third-order valence-corrected chi connectivity index (χ3v) is 5.72. The number of likely N-dealkylation sites (tertiary alicyclic amines) is 1. The highest BCUT2D eigenvalue weighted by Crippen LogP contribution is 2.31. The Balaban J connectivity index is 1.59. The molecular formula is C22H20F5N5O2. The average Bonchev–Trinajstić information content (AvgIpc) is 3.31. The van der Waals surface area contributed by atoms with Gasteiger partial charge in [-0.3, -0.25) is 4.79 Å². The zero-order chi connectivity index (χ0) is 24.5. The summed E-state index contributed by atoms with van der Waals surface area (Å²) in [4.78, 5) is 19.5. The maximum atomic E-state index is 14.6. The summed E-state index contributed by atoms with van der Waals surface area (Å²) < 4.78 is 72.6. The van der Waals surface area contributed by atoms with Gasteiger partial charge in [0.25, 0.3) is 5.91 Å². The highest BCUT2D eigenvalue weighted by molar-refractivity contribution is 5.98. The third-order valence-electron chi connectivity index (χ3n) is 5.72. The third kappa shape index (κ3) is 4.85. The summed E-state index contributed by atoms with van der Waals surface area (Å²) in [6.07, 6.45) is 0.176. The smallest absolute Gasteiger partial charge is 0.417 e. The van der Waals surface area contributed by atoms with Crippen molar-refractivity contribution in [3.8, 4) is 11.6 Å². The first-order valence-corrected chi connectivity index (χ1v) is 10.5. The van der Waals surface area contributed by atoms with Crippen LogP contribution < -0.4 is 4.74 Å². The number of aromatic nitrogens is 4. The van der Waals surface area contributed by atoms with E-state index in [1.165, 1.54) is 17.3 Å². The number of hydrogen-bond donors (Lipinski definition) is 0. The van der Waals surface area contributed by atoms with Gasteiger partial charge in [0.05, 0.1) is 29.6 Å². The molecule has 2 unspecified atom stereocenters. The van der Waals surface area contributed by atoms with Crippen LogP contribution in [0.2, 0.25) is 0 Å². The SMILES string of the molecule is CC1CCCN(C(=O)c2cc(F)cc(F)c2-n2nccn2)C1COc1ccc(C(F)(F)F)cn1. The van der Waals surface area contributed by atoms with Crippen molar-refractivity contribution in [2.45, 2.75) is 32.0 Å². The van der Waals surface area contributed by atoms with Crippen LogP contribution in [0.25, 0.3) is 5.69 Å². The quantitative estimate of drug-likeness (QED) is 0.509. The minimum atomic E-state index is -4.52. The van der Waals surface area contributed by atoms with E-state index >= 15 is 0 Å². The monoisotopic (exact) mass is 481 g/mol. The van der Waals surface area contributed by atoms with Gasteiger partial charge in [-0.2, -0.15) is 23.4 Å². The summed E-state index contributed by atoms with van der Waals surface area (Å²) >= 11 is 0. The molecule has 34 heavy (non-hydrogen) atoms. The van der Waals surface area contributed by atoms with Crippen LogP contribution in [0.1, 0.15) is 35.7 Å². The second-order valence-electron chi connectivity index (χ2n) is 7.98. The van der Waals surface area contributed by atoms with Crippen molar-refractivity contribution in [1.29, 1.82) is 0 Å². The minimum absolute atomic E-state index is 0.0311. The Morgan fingerprint density at radius 2 is 1.91 bits per heavy atom. The predicted molar refractivity (Wildman–Crippen MR) is 109 cm³/mol. The van der Waals surface area contributed by atoms with Gasteiger partial charge in [0, 0.05) is 24.9 Å². The molecule has 3 aromatic rings. The topological polar surface area (TPSA) is 73.1 Å². The zero-order valence-corrected chi connectivity index (χ0v) is 18.0. The highest BCUT2D eigenvalue weighted by atomic mass is 19.4. The lowest BCUT2D eigenvalue weighted by molar-refractivity contribution is -0.137. The van der Waals surface area contributed by atoms with Gasteiger partial charge >= 0.3 is 6.18 Å². The number of halogens is 5. The average molecular weight is 481 g/mol. The van der Waals surface area contributed by atoms with Crippen LogP contribution in [0.4, 0.5) is 22.0 Å². The molecule has 1 amide bonds. The van der Waals surface area contributed by atoms with Crippen LogP contribution in [0.3, 0.4) is 0 Å². The number of alkyl halides is 3. The number of pyridine rings is 1. The Bertz CT molecular complexity index is 1150. The van der Waals surface area contributed by atoms with Crippen LogP contribution in [-0.4, -0.2) is 50.0 Å². The molecule has 180 valence electrons. The summed E-state index contributed by atoms with van der Waals surface area (Å²) in [6, 6.07) is 3.03. The molecule has 1 fully saturated rings. The molecule has 7 nitrogen and oxygen atoms in total. The number of piperidine rings is 1. The number of nitrogens with zero attached hydrogens (tertiary/aromatic N) is 5. The molecule has 0 radical (unpaired) electrons. The van der Waals surface area contributed by atoms with E-state index in [2.05, 4.69) is 15.2 Å². The van der Waals surface area contributed by atoms with Gasteiger partial charge in [-0.1, -0.05) is 6.92 Å². The molecule has 0 saturated carbocycles. The first-order chi connectivity index (χ1) is 16.1. The van der Waals surface area contributed by atoms with Crippen LogP contribution in [-0.2, 0) is 6.18 Å². The van der Waals surface area contributed by atoms with Crippen LogP contribution in [0.15, 0.2) is 42.9 Å². The molecule has 1 aromatic carbocycles. The Morgan fingerprint density at radius 3 is 2.56 bits per heavy atom. The Hall–Kier alpha value is -3.57. The lowest BCUT2D eigenvalue weighted by atomic mass is 9.90.